The van der Waals surface area contributed by atoms with Crippen LogP contribution in [0.5, 0.6) is 0 Å². The molecule has 0 heterocycles. The van der Waals surface area contributed by atoms with Crippen molar-refractivity contribution in [1.29, 1.82) is 0 Å². The first-order valence-corrected chi connectivity index (χ1v) is 39.1. The molecule has 0 aliphatic rings. The first-order chi connectivity index (χ1) is 42.5. The van der Waals surface area contributed by atoms with E-state index in [1.807, 2.05) is 0 Å². The van der Waals surface area contributed by atoms with Crippen molar-refractivity contribution in [3.63, 3.8) is 0 Å². The van der Waals surface area contributed by atoms with Gasteiger partial charge in [0.25, 0.3) is 0 Å². The summed E-state index contributed by atoms with van der Waals surface area (Å²) in [7, 11) is -9.89. The van der Waals surface area contributed by atoms with E-state index in [1.54, 1.807) is 0 Å². The van der Waals surface area contributed by atoms with E-state index in [2.05, 4.69) is 34.6 Å². The van der Waals surface area contributed by atoms with Crippen LogP contribution in [-0.2, 0) is 65.4 Å². The molecule has 0 rings (SSSR count). The molecule has 88 heavy (non-hydrogen) atoms. The Labute approximate surface area is 537 Å². The summed E-state index contributed by atoms with van der Waals surface area (Å²) in [6.07, 6.45) is 48.8. The highest BCUT2D eigenvalue weighted by molar-refractivity contribution is 7.47. The Morgan fingerprint density at radius 2 is 0.523 bits per heavy atom. The van der Waals surface area contributed by atoms with Crippen molar-refractivity contribution in [2.24, 2.45) is 5.92 Å². The second kappa shape index (κ2) is 62.5. The van der Waals surface area contributed by atoms with E-state index in [0.29, 0.717) is 25.7 Å². The Morgan fingerprint density at radius 3 is 0.773 bits per heavy atom. The fraction of sp³-hybridized carbons (Fsp3) is 0.942. The zero-order valence-corrected chi connectivity index (χ0v) is 58.6. The molecule has 3 N–H and O–H groups in total. The molecule has 0 aromatic heterocycles. The van der Waals surface area contributed by atoms with Gasteiger partial charge in [0.05, 0.1) is 26.4 Å². The summed E-state index contributed by atoms with van der Waals surface area (Å²) in [5.74, 6) is -1.36. The number of unbranched alkanes of at least 4 members (excludes halogenated alkanes) is 41. The van der Waals surface area contributed by atoms with Gasteiger partial charge >= 0.3 is 39.5 Å². The third-order valence-electron chi connectivity index (χ3n) is 16.0. The Morgan fingerprint density at radius 1 is 0.307 bits per heavy atom. The first kappa shape index (κ1) is 86.1. The van der Waals surface area contributed by atoms with E-state index in [1.165, 1.54) is 173 Å². The molecule has 0 saturated carbocycles. The number of rotatable bonds is 69. The van der Waals surface area contributed by atoms with Gasteiger partial charge < -0.3 is 33.8 Å². The van der Waals surface area contributed by atoms with Crippen molar-refractivity contribution >= 4 is 39.5 Å². The van der Waals surface area contributed by atoms with E-state index in [0.717, 1.165) is 102 Å². The summed E-state index contributed by atoms with van der Waals surface area (Å²) < 4.78 is 68.1. The van der Waals surface area contributed by atoms with Crippen molar-refractivity contribution in [1.82, 2.24) is 0 Å². The number of aliphatic hydroxyl groups excluding tert-OH is 1. The third kappa shape index (κ3) is 62.8. The Balaban J connectivity index is 5.16. The molecule has 0 amide bonds. The number of esters is 4. The highest BCUT2D eigenvalue weighted by atomic mass is 31.2. The molecule has 522 valence electrons. The minimum absolute atomic E-state index is 0.107. The monoisotopic (exact) mass is 1300 g/mol. The lowest BCUT2D eigenvalue weighted by Crippen LogP contribution is -2.30. The van der Waals surface area contributed by atoms with Crippen molar-refractivity contribution in [3.05, 3.63) is 0 Å². The molecule has 0 aromatic rings. The largest absolute Gasteiger partial charge is 0.472 e. The van der Waals surface area contributed by atoms with E-state index in [4.69, 9.17) is 37.0 Å². The SMILES string of the molecule is CCCCCCCCCCCCCCCCC(=O)OC[C@H](COP(=O)(O)OC[C@@H](O)COP(=O)(O)OC[C@@H](COC(=O)CCCCCCC)OC(=O)CCCCCCCCCCCCCCCC)OC(=O)CCCCCCCCCCCCCCC(C)C. The van der Waals surface area contributed by atoms with Gasteiger partial charge in [0.2, 0.25) is 0 Å². The molecule has 0 aromatic carbocycles. The number of aliphatic hydroxyl groups is 1. The lowest BCUT2D eigenvalue weighted by molar-refractivity contribution is -0.161. The Bertz CT molecular complexity index is 1700. The van der Waals surface area contributed by atoms with E-state index < -0.39 is 97.5 Å². The number of phosphoric acid groups is 2. The molecule has 0 fully saturated rings. The van der Waals surface area contributed by atoms with Crippen LogP contribution >= 0.6 is 15.6 Å². The van der Waals surface area contributed by atoms with Gasteiger partial charge in [-0.1, -0.05) is 304 Å². The highest BCUT2D eigenvalue weighted by Gasteiger charge is 2.30. The molecule has 0 saturated heterocycles. The number of phosphoric ester groups is 2. The predicted octanol–water partition coefficient (Wildman–Crippen LogP) is 19.7. The van der Waals surface area contributed by atoms with Crippen molar-refractivity contribution in [3.8, 4) is 0 Å². The molecule has 2 unspecified atom stereocenters. The molecule has 19 heteroatoms. The van der Waals surface area contributed by atoms with Crippen LogP contribution in [0.2, 0.25) is 0 Å². The van der Waals surface area contributed by atoms with Gasteiger partial charge in [0.1, 0.15) is 19.3 Å². The molecular weight excluding hydrogens is 1160 g/mol. The van der Waals surface area contributed by atoms with Gasteiger partial charge in [-0.2, -0.15) is 0 Å². The van der Waals surface area contributed by atoms with Crippen LogP contribution in [0.4, 0.5) is 0 Å². The van der Waals surface area contributed by atoms with Crippen LogP contribution in [0.1, 0.15) is 356 Å². The van der Waals surface area contributed by atoms with Crippen LogP contribution < -0.4 is 0 Å². The van der Waals surface area contributed by atoms with Crippen LogP contribution in [0.25, 0.3) is 0 Å². The maximum absolute atomic E-state index is 13.0. The smallest absolute Gasteiger partial charge is 0.462 e. The molecule has 0 bridgehead atoms. The van der Waals surface area contributed by atoms with E-state index in [-0.39, 0.29) is 25.7 Å². The van der Waals surface area contributed by atoms with Gasteiger partial charge in [-0.3, -0.25) is 37.3 Å². The second-order valence-corrected chi connectivity index (χ2v) is 28.3. The molecule has 0 radical (unpaired) electrons. The number of hydrogen-bond acceptors (Lipinski definition) is 15. The van der Waals surface area contributed by atoms with Crippen LogP contribution in [-0.4, -0.2) is 96.7 Å². The van der Waals surface area contributed by atoms with Gasteiger partial charge in [-0.05, 0) is 31.6 Å². The molecule has 0 spiro atoms. The number of carbonyl (C=O) groups excluding carboxylic acids is 4. The van der Waals surface area contributed by atoms with E-state index in [9.17, 15) is 43.2 Å². The van der Waals surface area contributed by atoms with Gasteiger partial charge in [0, 0.05) is 25.7 Å². The highest BCUT2D eigenvalue weighted by Crippen LogP contribution is 2.45. The summed E-state index contributed by atoms with van der Waals surface area (Å²) >= 11 is 0. The van der Waals surface area contributed by atoms with Crippen LogP contribution in [0.3, 0.4) is 0 Å². The number of hydrogen-bond donors (Lipinski definition) is 3. The number of carbonyl (C=O) groups is 4. The second-order valence-electron chi connectivity index (χ2n) is 25.4. The maximum atomic E-state index is 13.0. The zero-order chi connectivity index (χ0) is 64.9. The minimum atomic E-state index is -4.95. The quantitative estimate of drug-likeness (QED) is 0.0222. The fourth-order valence-electron chi connectivity index (χ4n) is 10.5. The van der Waals surface area contributed by atoms with Crippen molar-refractivity contribution in [2.45, 2.75) is 374 Å². The topological polar surface area (TPSA) is 237 Å². The van der Waals surface area contributed by atoms with Gasteiger partial charge in [-0.25, -0.2) is 9.13 Å². The molecule has 17 nitrogen and oxygen atoms in total. The number of ether oxygens (including phenoxy) is 4. The maximum Gasteiger partial charge on any atom is 0.472 e. The van der Waals surface area contributed by atoms with Crippen molar-refractivity contribution < 1.29 is 80.2 Å². The van der Waals surface area contributed by atoms with Crippen LogP contribution in [0.15, 0.2) is 0 Å². The summed E-state index contributed by atoms with van der Waals surface area (Å²) in [5.41, 5.74) is 0. The molecule has 5 atom stereocenters. The molecular formula is C69H134O17P2. The lowest BCUT2D eigenvalue weighted by atomic mass is 10.0. The van der Waals surface area contributed by atoms with E-state index >= 15 is 0 Å². The minimum Gasteiger partial charge on any atom is -0.462 e. The first-order valence-electron chi connectivity index (χ1n) is 36.1. The molecule has 0 aliphatic heterocycles. The standard InChI is InChI=1S/C69H134O17P2/c1-6-9-12-15-17-19-21-23-25-30-34-38-43-48-53-67(72)80-59-65(86-69(74)55-50-45-40-36-32-28-27-29-33-37-42-46-51-62(4)5)61-84-88(77,78)82-57-63(70)56-81-87(75,76)83-60-64(58-79-66(71)52-47-41-14-11-8-3)85-68(73)54-49-44-39-35-31-26-24-22-20-18-16-13-10-7-2/h62-65,70H,6-61H2,1-5H3,(H,75,76)(H,77,78)/t63-,64+,65+/m0/s1. The normalized spacial score (nSPS) is 14.1. The Kier molecular flexibility index (Phi) is 61.1. The average molecular weight is 1300 g/mol. The lowest BCUT2D eigenvalue weighted by Gasteiger charge is -2.21. The van der Waals surface area contributed by atoms with Gasteiger partial charge in [0.15, 0.2) is 12.2 Å². The molecule has 0 aliphatic carbocycles. The van der Waals surface area contributed by atoms with Crippen LogP contribution in [0, 0.1) is 5.92 Å². The average Bonchev–Trinajstić information content (AvgIpc) is 3.71. The predicted molar refractivity (Wildman–Crippen MR) is 354 cm³/mol. The summed E-state index contributed by atoms with van der Waals surface area (Å²) in [6, 6.07) is 0. The summed E-state index contributed by atoms with van der Waals surface area (Å²) in [5, 5.41) is 10.6. The zero-order valence-electron chi connectivity index (χ0n) is 56.9. The summed E-state index contributed by atoms with van der Waals surface area (Å²) in [4.78, 5) is 72.3. The van der Waals surface area contributed by atoms with Gasteiger partial charge in [-0.15, -0.1) is 0 Å². The van der Waals surface area contributed by atoms with Crippen molar-refractivity contribution in [2.75, 3.05) is 39.6 Å². The third-order valence-corrected chi connectivity index (χ3v) is 17.9. The Hall–Kier alpha value is -1.94. The summed E-state index contributed by atoms with van der Waals surface area (Å²) in [6.45, 7) is 7.17. The fourth-order valence-corrected chi connectivity index (χ4v) is 12.0.